The molecule has 1 atom stereocenters. The van der Waals surface area contributed by atoms with Crippen LogP contribution in [-0.4, -0.2) is 19.7 Å². The highest BCUT2D eigenvalue weighted by molar-refractivity contribution is 5.52. The Labute approximate surface area is 114 Å². The number of aromatic amines is 1. The van der Waals surface area contributed by atoms with Gasteiger partial charge in [-0.1, -0.05) is 13.3 Å². The fourth-order valence-electron chi connectivity index (χ4n) is 3.00. The van der Waals surface area contributed by atoms with Crippen molar-refractivity contribution in [2.75, 3.05) is 0 Å². The lowest BCUT2D eigenvalue weighted by Gasteiger charge is -2.18. The number of imidazole rings is 1. The maximum absolute atomic E-state index is 4.80. The second-order valence-corrected chi connectivity index (χ2v) is 5.51. The van der Waals surface area contributed by atoms with Crippen LogP contribution in [0.2, 0.25) is 0 Å². The van der Waals surface area contributed by atoms with Crippen molar-refractivity contribution in [3.8, 4) is 11.5 Å². The normalized spacial score (nSPS) is 18.6. The lowest BCUT2D eigenvalue weighted by molar-refractivity contribution is 0.438. The Morgan fingerprint density at radius 3 is 3.00 bits per heavy atom. The second kappa shape index (κ2) is 4.83. The van der Waals surface area contributed by atoms with E-state index in [4.69, 9.17) is 4.98 Å². The predicted octanol–water partition coefficient (Wildman–Crippen LogP) is 3.12. The molecule has 19 heavy (non-hydrogen) atoms. The monoisotopic (exact) mass is 258 g/mol. The van der Waals surface area contributed by atoms with Crippen LogP contribution in [0.15, 0.2) is 6.07 Å². The molecule has 1 aliphatic rings. The largest absolute Gasteiger partial charge is 0.340 e. The second-order valence-electron chi connectivity index (χ2n) is 5.51. The van der Waals surface area contributed by atoms with Crippen LogP contribution in [0, 0.1) is 12.8 Å². The van der Waals surface area contributed by atoms with Crippen molar-refractivity contribution in [2.45, 2.75) is 53.0 Å². The number of rotatable bonds is 3. The van der Waals surface area contributed by atoms with E-state index in [0.717, 1.165) is 42.5 Å². The quantitative estimate of drug-likeness (QED) is 0.919. The molecule has 0 saturated carbocycles. The van der Waals surface area contributed by atoms with Crippen LogP contribution in [0.4, 0.5) is 0 Å². The Morgan fingerprint density at radius 1 is 1.42 bits per heavy atom. The lowest BCUT2D eigenvalue weighted by Crippen LogP contribution is -2.12. The molecule has 2 aromatic heterocycles. The van der Waals surface area contributed by atoms with E-state index in [-0.39, 0.29) is 0 Å². The highest BCUT2D eigenvalue weighted by Gasteiger charge is 2.22. The first-order chi connectivity index (χ1) is 9.21. The number of H-pyrrole nitrogens is 1. The molecule has 0 amide bonds. The van der Waals surface area contributed by atoms with Crippen LogP contribution in [0.1, 0.15) is 43.8 Å². The molecule has 1 unspecified atom stereocenters. The van der Waals surface area contributed by atoms with Crippen molar-refractivity contribution in [3.05, 3.63) is 23.1 Å². The summed E-state index contributed by atoms with van der Waals surface area (Å²) in [6, 6.07) is 2.12. The zero-order valence-electron chi connectivity index (χ0n) is 12.0. The summed E-state index contributed by atoms with van der Waals surface area (Å²) in [7, 11) is 0. The van der Waals surface area contributed by atoms with Gasteiger partial charge in [-0.2, -0.15) is 5.10 Å². The fourth-order valence-corrected chi connectivity index (χ4v) is 3.00. The zero-order valence-corrected chi connectivity index (χ0v) is 12.0. The van der Waals surface area contributed by atoms with Gasteiger partial charge >= 0.3 is 0 Å². The summed E-state index contributed by atoms with van der Waals surface area (Å²) in [4.78, 5) is 8.33. The fraction of sp³-hybridized carbons (Fsp3) is 0.600. The van der Waals surface area contributed by atoms with Crippen molar-refractivity contribution < 1.29 is 0 Å². The average molecular weight is 258 g/mol. The van der Waals surface area contributed by atoms with Crippen molar-refractivity contribution in [1.29, 1.82) is 0 Å². The summed E-state index contributed by atoms with van der Waals surface area (Å²) in [6.07, 6.45) is 4.81. The maximum Gasteiger partial charge on any atom is 0.156 e. The van der Waals surface area contributed by atoms with Gasteiger partial charge in [-0.25, -0.2) is 4.98 Å². The molecule has 0 radical (unpaired) electrons. The number of aromatic nitrogens is 4. The minimum atomic E-state index is 0.818. The summed E-state index contributed by atoms with van der Waals surface area (Å²) < 4.78 is 2.02. The van der Waals surface area contributed by atoms with Gasteiger partial charge in [-0.3, -0.25) is 4.68 Å². The topological polar surface area (TPSA) is 46.5 Å². The van der Waals surface area contributed by atoms with E-state index in [0.29, 0.717) is 0 Å². The molecule has 0 fully saturated rings. The number of hydrogen-bond donors (Lipinski definition) is 1. The molecule has 1 N–H and O–H groups in total. The molecule has 102 valence electrons. The maximum atomic E-state index is 4.80. The number of fused-ring (bicyclic) bond motifs is 1. The first-order valence-electron chi connectivity index (χ1n) is 7.33. The van der Waals surface area contributed by atoms with E-state index < -0.39 is 0 Å². The minimum absolute atomic E-state index is 0.818. The predicted molar refractivity (Wildman–Crippen MR) is 76.0 cm³/mol. The van der Waals surface area contributed by atoms with E-state index >= 15 is 0 Å². The van der Waals surface area contributed by atoms with Gasteiger partial charge < -0.3 is 4.98 Å². The third kappa shape index (κ3) is 2.20. The van der Waals surface area contributed by atoms with Crippen LogP contribution in [0.25, 0.3) is 11.5 Å². The van der Waals surface area contributed by atoms with Gasteiger partial charge in [-0.05, 0) is 45.1 Å². The van der Waals surface area contributed by atoms with E-state index in [2.05, 4.69) is 30.0 Å². The Bertz CT molecular complexity index is 579. The van der Waals surface area contributed by atoms with Crippen LogP contribution < -0.4 is 0 Å². The number of nitrogens with one attached hydrogen (secondary N) is 1. The number of nitrogens with zero attached hydrogens (tertiary/aromatic N) is 3. The summed E-state index contributed by atoms with van der Waals surface area (Å²) in [5.41, 5.74) is 4.77. The van der Waals surface area contributed by atoms with Crippen molar-refractivity contribution in [1.82, 2.24) is 19.7 Å². The Hall–Kier alpha value is -1.58. The first kappa shape index (κ1) is 12.5. The minimum Gasteiger partial charge on any atom is -0.340 e. The molecule has 2 aromatic rings. The molecule has 0 spiro atoms. The van der Waals surface area contributed by atoms with Gasteiger partial charge in [0.15, 0.2) is 5.82 Å². The van der Waals surface area contributed by atoms with E-state index in [1.807, 2.05) is 11.6 Å². The Morgan fingerprint density at radius 2 is 2.26 bits per heavy atom. The van der Waals surface area contributed by atoms with Crippen LogP contribution in [0.3, 0.4) is 0 Å². The molecule has 0 aromatic carbocycles. The van der Waals surface area contributed by atoms with E-state index in [1.165, 1.54) is 24.2 Å². The molecule has 0 saturated heterocycles. The van der Waals surface area contributed by atoms with Crippen LogP contribution in [0.5, 0.6) is 0 Å². The van der Waals surface area contributed by atoms with Gasteiger partial charge in [0.2, 0.25) is 0 Å². The van der Waals surface area contributed by atoms with Gasteiger partial charge in [0.25, 0.3) is 0 Å². The standard InChI is InChI=1S/C15H22N4/c1-4-11-6-7-12-13(9-11)17-15(16-12)14-8-10(3)18-19(14)5-2/h8,11H,4-7,9H2,1-3H3,(H,16,17). The molecular weight excluding hydrogens is 236 g/mol. The average Bonchev–Trinajstić information content (AvgIpc) is 3.00. The molecule has 3 rings (SSSR count). The van der Waals surface area contributed by atoms with E-state index in [9.17, 15) is 0 Å². The summed E-state index contributed by atoms with van der Waals surface area (Å²) >= 11 is 0. The summed E-state index contributed by atoms with van der Waals surface area (Å²) in [5.74, 6) is 1.81. The molecule has 1 aliphatic carbocycles. The summed E-state index contributed by atoms with van der Waals surface area (Å²) in [5, 5.41) is 4.50. The smallest absolute Gasteiger partial charge is 0.156 e. The number of hydrogen-bond acceptors (Lipinski definition) is 2. The van der Waals surface area contributed by atoms with E-state index in [1.54, 1.807) is 0 Å². The van der Waals surface area contributed by atoms with Crippen molar-refractivity contribution in [2.24, 2.45) is 5.92 Å². The Kier molecular flexibility index (Phi) is 3.17. The highest BCUT2D eigenvalue weighted by atomic mass is 15.3. The summed E-state index contributed by atoms with van der Waals surface area (Å²) in [6.45, 7) is 7.31. The molecule has 0 bridgehead atoms. The third-order valence-corrected chi connectivity index (χ3v) is 4.17. The van der Waals surface area contributed by atoms with Crippen LogP contribution in [-0.2, 0) is 19.4 Å². The van der Waals surface area contributed by atoms with Crippen molar-refractivity contribution >= 4 is 0 Å². The third-order valence-electron chi connectivity index (χ3n) is 4.17. The van der Waals surface area contributed by atoms with Gasteiger partial charge in [0.05, 0.1) is 11.4 Å². The molecule has 2 heterocycles. The van der Waals surface area contributed by atoms with Gasteiger partial charge in [0, 0.05) is 12.2 Å². The molecular formula is C15H22N4. The van der Waals surface area contributed by atoms with Gasteiger partial charge in [0.1, 0.15) is 5.69 Å². The zero-order chi connectivity index (χ0) is 13.4. The Balaban J connectivity index is 1.96. The van der Waals surface area contributed by atoms with Crippen molar-refractivity contribution in [3.63, 3.8) is 0 Å². The lowest BCUT2D eigenvalue weighted by atomic mass is 9.88. The first-order valence-corrected chi connectivity index (χ1v) is 7.33. The molecule has 4 heteroatoms. The SMILES string of the molecule is CCC1CCc2nc(-c3cc(C)nn3CC)[nH]c2C1. The van der Waals surface area contributed by atoms with Gasteiger partial charge in [-0.15, -0.1) is 0 Å². The molecule has 4 nitrogen and oxygen atoms in total. The number of aryl methyl sites for hydroxylation is 3. The van der Waals surface area contributed by atoms with Crippen LogP contribution >= 0.6 is 0 Å². The highest BCUT2D eigenvalue weighted by Crippen LogP contribution is 2.28. The molecule has 0 aliphatic heterocycles.